The minimum absolute atomic E-state index is 0.0294. The van der Waals surface area contributed by atoms with Crippen molar-refractivity contribution in [1.82, 2.24) is 14.8 Å². The molecule has 0 radical (unpaired) electrons. The predicted molar refractivity (Wildman–Crippen MR) is 69.3 cm³/mol. The summed E-state index contributed by atoms with van der Waals surface area (Å²) < 4.78 is 1.33. The van der Waals surface area contributed by atoms with Crippen LogP contribution in [0.1, 0.15) is 17.0 Å². The van der Waals surface area contributed by atoms with Crippen molar-refractivity contribution in [3.63, 3.8) is 0 Å². The maximum atomic E-state index is 11.8. The van der Waals surface area contributed by atoms with Gasteiger partial charge in [0.15, 0.2) is 0 Å². The van der Waals surface area contributed by atoms with Crippen molar-refractivity contribution in [3.05, 3.63) is 41.5 Å². The fourth-order valence-electron chi connectivity index (χ4n) is 1.82. The second kappa shape index (κ2) is 5.31. The molecule has 1 heterocycles. The zero-order valence-corrected chi connectivity index (χ0v) is 10.7. The maximum absolute atomic E-state index is 11.8. The van der Waals surface area contributed by atoms with E-state index in [-0.39, 0.29) is 18.3 Å². The van der Waals surface area contributed by atoms with Crippen LogP contribution in [0.5, 0.6) is 0 Å². The van der Waals surface area contributed by atoms with Gasteiger partial charge in [-0.3, -0.25) is 4.79 Å². The highest BCUT2D eigenvalue weighted by Gasteiger charge is 2.06. The molecule has 1 amide bonds. The van der Waals surface area contributed by atoms with Crippen LogP contribution in [-0.2, 0) is 11.3 Å². The number of rotatable bonds is 3. The van der Waals surface area contributed by atoms with Crippen LogP contribution in [-0.4, -0.2) is 20.7 Å². The Kier molecular flexibility index (Phi) is 3.57. The molecular weight excluding hydrogens is 242 g/mol. The molecule has 0 fully saturated rings. The van der Waals surface area contributed by atoms with Crippen LogP contribution < -0.4 is 5.32 Å². The third-order valence-electron chi connectivity index (χ3n) is 2.45. The van der Waals surface area contributed by atoms with Crippen molar-refractivity contribution in [1.29, 1.82) is 5.26 Å². The summed E-state index contributed by atoms with van der Waals surface area (Å²) in [5, 5.41) is 15.2. The van der Waals surface area contributed by atoms with E-state index in [0.717, 1.165) is 16.8 Å². The molecule has 0 aliphatic heterocycles. The standard InChI is InChI=1S/C13H13N5O/c1-9-3-10(2)5-11(4-9)16-13(19)7-18-8-15-12(6-14)17-18/h3-5,8H,7H2,1-2H3,(H,16,19). The lowest BCUT2D eigenvalue weighted by Crippen LogP contribution is -2.19. The normalized spacial score (nSPS) is 9.95. The van der Waals surface area contributed by atoms with Crippen molar-refractivity contribution in [2.24, 2.45) is 0 Å². The molecule has 96 valence electrons. The van der Waals surface area contributed by atoms with Crippen LogP contribution in [0.25, 0.3) is 0 Å². The number of hydrogen-bond acceptors (Lipinski definition) is 4. The fraction of sp³-hybridized carbons (Fsp3) is 0.231. The molecule has 1 aromatic carbocycles. The van der Waals surface area contributed by atoms with Gasteiger partial charge in [-0.25, -0.2) is 9.67 Å². The average Bonchev–Trinajstić information content (AvgIpc) is 2.74. The van der Waals surface area contributed by atoms with Gasteiger partial charge in [0.05, 0.1) is 0 Å². The summed E-state index contributed by atoms with van der Waals surface area (Å²) in [5.41, 5.74) is 2.92. The lowest BCUT2D eigenvalue weighted by molar-refractivity contribution is -0.116. The van der Waals surface area contributed by atoms with E-state index < -0.39 is 0 Å². The highest BCUT2D eigenvalue weighted by Crippen LogP contribution is 2.13. The van der Waals surface area contributed by atoms with E-state index in [1.165, 1.54) is 11.0 Å². The van der Waals surface area contributed by atoms with Gasteiger partial charge in [-0.05, 0) is 37.1 Å². The summed E-state index contributed by atoms with van der Waals surface area (Å²) in [6, 6.07) is 7.64. The first-order valence-corrected chi connectivity index (χ1v) is 5.74. The Hall–Kier alpha value is -2.68. The molecule has 0 unspecified atom stereocenters. The number of aromatic nitrogens is 3. The number of benzene rings is 1. The van der Waals surface area contributed by atoms with Gasteiger partial charge in [0.2, 0.25) is 5.91 Å². The van der Waals surface area contributed by atoms with Gasteiger partial charge in [0, 0.05) is 5.69 Å². The SMILES string of the molecule is Cc1cc(C)cc(NC(=O)Cn2cnc(C#N)n2)c1. The first-order valence-electron chi connectivity index (χ1n) is 5.74. The molecule has 1 aromatic heterocycles. The molecule has 0 aliphatic carbocycles. The highest BCUT2D eigenvalue weighted by molar-refractivity contribution is 5.90. The van der Waals surface area contributed by atoms with Gasteiger partial charge in [0.25, 0.3) is 5.82 Å². The van der Waals surface area contributed by atoms with Crippen LogP contribution in [0, 0.1) is 25.2 Å². The van der Waals surface area contributed by atoms with Crippen LogP contribution in [0.2, 0.25) is 0 Å². The monoisotopic (exact) mass is 255 g/mol. The number of nitriles is 1. The van der Waals surface area contributed by atoms with Crippen molar-refractivity contribution >= 4 is 11.6 Å². The number of amides is 1. The lowest BCUT2D eigenvalue weighted by Gasteiger charge is -2.07. The van der Waals surface area contributed by atoms with Crippen LogP contribution in [0.3, 0.4) is 0 Å². The Labute approximate surface area is 110 Å². The second-order valence-corrected chi connectivity index (χ2v) is 4.30. The summed E-state index contributed by atoms with van der Waals surface area (Å²) >= 11 is 0. The van der Waals surface area contributed by atoms with E-state index in [2.05, 4.69) is 15.4 Å². The zero-order chi connectivity index (χ0) is 13.8. The Morgan fingerprint density at radius 3 is 2.63 bits per heavy atom. The number of hydrogen-bond donors (Lipinski definition) is 1. The summed E-state index contributed by atoms with van der Waals surface area (Å²) in [6.45, 7) is 3.97. The first-order chi connectivity index (χ1) is 9.06. The predicted octanol–water partition coefficient (Wildman–Crippen LogP) is 1.41. The summed E-state index contributed by atoms with van der Waals surface area (Å²) in [5.74, 6) is -0.154. The number of carbonyl (C=O) groups excluding carboxylic acids is 1. The molecular formula is C13H13N5O. The quantitative estimate of drug-likeness (QED) is 0.898. The van der Waals surface area contributed by atoms with Crippen LogP contribution in [0.4, 0.5) is 5.69 Å². The van der Waals surface area contributed by atoms with E-state index in [9.17, 15) is 4.79 Å². The van der Waals surface area contributed by atoms with Gasteiger partial charge >= 0.3 is 0 Å². The first kappa shape index (κ1) is 12.8. The van der Waals surface area contributed by atoms with Crippen LogP contribution >= 0.6 is 0 Å². The third kappa shape index (κ3) is 3.39. The molecule has 0 saturated heterocycles. The molecule has 6 heteroatoms. The molecule has 2 aromatic rings. The molecule has 0 bridgehead atoms. The Morgan fingerprint density at radius 1 is 1.37 bits per heavy atom. The van der Waals surface area contributed by atoms with E-state index in [1.807, 2.05) is 38.1 Å². The second-order valence-electron chi connectivity index (χ2n) is 4.30. The zero-order valence-electron chi connectivity index (χ0n) is 10.7. The minimum atomic E-state index is -0.209. The summed E-state index contributed by atoms with van der Waals surface area (Å²) in [4.78, 5) is 15.6. The van der Waals surface area contributed by atoms with Crippen molar-refractivity contribution in [3.8, 4) is 6.07 Å². The van der Waals surface area contributed by atoms with Crippen molar-refractivity contribution in [2.45, 2.75) is 20.4 Å². The molecule has 0 saturated carbocycles. The molecule has 0 spiro atoms. The largest absolute Gasteiger partial charge is 0.324 e. The Bertz CT molecular complexity index is 633. The van der Waals surface area contributed by atoms with Crippen molar-refractivity contribution < 1.29 is 4.79 Å². The molecule has 1 N–H and O–H groups in total. The van der Waals surface area contributed by atoms with Gasteiger partial charge < -0.3 is 5.32 Å². The van der Waals surface area contributed by atoms with Crippen LogP contribution in [0.15, 0.2) is 24.5 Å². The average molecular weight is 255 g/mol. The fourth-order valence-corrected chi connectivity index (χ4v) is 1.82. The van der Waals surface area contributed by atoms with Gasteiger partial charge in [-0.15, -0.1) is 5.10 Å². The lowest BCUT2D eigenvalue weighted by atomic mass is 10.1. The molecule has 2 rings (SSSR count). The van der Waals surface area contributed by atoms with E-state index in [0.29, 0.717) is 0 Å². The highest BCUT2D eigenvalue weighted by atomic mass is 16.2. The number of nitrogens with zero attached hydrogens (tertiary/aromatic N) is 4. The Balaban J connectivity index is 2.03. The van der Waals surface area contributed by atoms with Gasteiger partial charge in [-0.1, -0.05) is 6.07 Å². The van der Waals surface area contributed by atoms with Crippen molar-refractivity contribution in [2.75, 3.05) is 5.32 Å². The summed E-state index contributed by atoms with van der Waals surface area (Å²) in [6.07, 6.45) is 1.36. The number of anilines is 1. The molecule has 0 aliphatic rings. The van der Waals surface area contributed by atoms with E-state index in [1.54, 1.807) is 0 Å². The Morgan fingerprint density at radius 2 is 2.05 bits per heavy atom. The number of carbonyl (C=O) groups is 1. The number of aryl methyl sites for hydroxylation is 2. The minimum Gasteiger partial charge on any atom is -0.324 e. The number of nitrogens with one attached hydrogen (secondary N) is 1. The molecule has 6 nitrogen and oxygen atoms in total. The van der Waals surface area contributed by atoms with E-state index in [4.69, 9.17) is 5.26 Å². The smallest absolute Gasteiger partial charge is 0.252 e. The van der Waals surface area contributed by atoms with Gasteiger partial charge in [0.1, 0.15) is 18.9 Å². The maximum Gasteiger partial charge on any atom is 0.252 e. The van der Waals surface area contributed by atoms with E-state index >= 15 is 0 Å². The van der Waals surface area contributed by atoms with Gasteiger partial charge in [-0.2, -0.15) is 5.26 Å². The summed E-state index contributed by atoms with van der Waals surface area (Å²) in [7, 11) is 0. The third-order valence-corrected chi connectivity index (χ3v) is 2.45. The topological polar surface area (TPSA) is 83.6 Å². The molecule has 19 heavy (non-hydrogen) atoms. The molecule has 0 atom stereocenters.